The summed E-state index contributed by atoms with van der Waals surface area (Å²) in [4.78, 5) is 4.62. The zero-order valence-corrected chi connectivity index (χ0v) is 13.2. The van der Waals surface area contributed by atoms with E-state index >= 15 is 0 Å². The largest absolute Gasteiger partial charge is 0.316 e. The molecule has 0 amide bonds. The summed E-state index contributed by atoms with van der Waals surface area (Å²) in [6.45, 7) is 0. The summed E-state index contributed by atoms with van der Waals surface area (Å²) >= 11 is 3.65. The van der Waals surface area contributed by atoms with E-state index < -0.39 is 0 Å². The van der Waals surface area contributed by atoms with Crippen LogP contribution in [0.1, 0.15) is 29.2 Å². The smallest absolute Gasteiger partial charge is 0.0482 e. The van der Waals surface area contributed by atoms with Crippen molar-refractivity contribution in [3.63, 3.8) is 0 Å². The maximum Gasteiger partial charge on any atom is 0.0482 e. The van der Waals surface area contributed by atoms with E-state index in [2.05, 4.69) is 63.6 Å². The van der Waals surface area contributed by atoms with Crippen molar-refractivity contribution in [1.29, 1.82) is 0 Å². The van der Waals surface area contributed by atoms with Gasteiger partial charge in [0.2, 0.25) is 0 Å². The zero-order valence-electron chi connectivity index (χ0n) is 11.6. The third-order valence-electron chi connectivity index (χ3n) is 4.26. The summed E-state index contributed by atoms with van der Waals surface area (Å²) in [6.07, 6.45) is 5.30. The lowest BCUT2D eigenvalue weighted by molar-refractivity contribution is 0.450. The molecule has 1 heterocycles. The van der Waals surface area contributed by atoms with Gasteiger partial charge in [0, 0.05) is 28.3 Å². The van der Waals surface area contributed by atoms with Crippen LogP contribution in [0.4, 0.5) is 0 Å². The Morgan fingerprint density at radius 3 is 2.95 bits per heavy atom. The molecular formula is C17H19BrN2. The number of fused-ring (bicyclic) bond motifs is 1. The number of rotatable bonds is 4. The number of benzene rings is 1. The number of nitrogens with one attached hydrogen (secondary N) is 1. The van der Waals surface area contributed by atoms with Crippen LogP contribution in [0.25, 0.3) is 0 Å². The lowest BCUT2D eigenvalue weighted by Crippen LogP contribution is -2.33. The number of hydrogen-bond donors (Lipinski definition) is 1. The average Bonchev–Trinajstić information content (AvgIpc) is 2.90. The van der Waals surface area contributed by atoms with E-state index in [-0.39, 0.29) is 0 Å². The van der Waals surface area contributed by atoms with Gasteiger partial charge in [-0.2, -0.15) is 0 Å². The molecule has 0 fully saturated rings. The predicted molar refractivity (Wildman–Crippen MR) is 86.0 cm³/mol. The highest BCUT2D eigenvalue weighted by Crippen LogP contribution is 2.35. The van der Waals surface area contributed by atoms with Gasteiger partial charge in [-0.3, -0.25) is 4.98 Å². The fourth-order valence-corrected chi connectivity index (χ4v) is 3.63. The van der Waals surface area contributed by atoms with Gasteiger partial charge in [-0.25, -0.2) is 0 Å². The first kappa shape index (κ1) is 13.8. The lowest BCUT2D eigenvalue weighted by atomic mass is 9.91. The van der Waals surface area contributed by atoms with Crippen molar-refractivity contribution in [2.45, 2.75) is 31.2 Å². The second kappa shape index (κ2) is 6.06. The van der Waals surface area contributed by atoms with Crippen LogP contribution in [-0.2, 0) is 12.8 Å². The van der Waals surface area contributed by atoms with Crippen LogP contribution < -0.4 is 5.32 Å². The molecule has 3 heteroatoms. The minimum Gasteiger partial charge on any atom is -0.316 e. The number of aromatic nitrogens is 1. The maximum absolute atomic E-state index is 4.62. The van der Waals surface area contributed by atoms with Gasteiger partial charge in [-0.1, -0.05) is 40.2 Å². The second-order valence-electron chi connectivity index (χ2n) is 5.38. The van der Waals surface area contributed by atoms with Gasteiger partial charge >= 0.3 is 0 Å². The first-order chi connectivity index (χ1) is 9.79. The molecule has 0 radical (unpaired) electrons. The molecule has 1 aromatic carbocycles. The fourth-order valence-electron chi connectivity index (χ4n) is 3.18. The van der Waals surface area contributed by atoms with Crippen molar-refractivity contribution in [2.75, 3.05) is 7.05 Å². The Bertz CT molecular complexity index is 597. The highest BCUT2D eigenvalue weighted by atomic mass is 79.9. The van der Waals surface area contributed by atoms with Gasteiger partial charge in [-0.15, -0.1) is 0 Å². The summed E-state index contributed by atoms with van der Waals surface area (Å²) in [6, 6.07) is 13.2. The minimum atomic E-state index is 0.435. The Balaban J connectivity index is 1.83. The predicted octanol–water partition coefficient (Wildman–Crippen LogP) is 3.70. The first-order valence-corrected chi connectivity index (χ1v) is 7.93. The lowest BCUT2D eigenvalue weighted by Gasteiger charge is -2.24. The summed E-state index contributed by atoms with van der Waals surface area (Å²) in [5.41, 5.74) is 4.07. The van der Waals surface area contributed by atoms with Crippen molar-refractivity contribution in [1.82, 2.24) is 10.3 Å². The highest BCUT2D eigenvalue weighted by Gasteiger charge is 2.30. The first-order valence-electron chi connectivity index (χ1n) is 7.14. The standard InChI is InChI=1S/C17H19BrN2/c1-19-16(11-13-5-2-3-7-15(13)18)14-9-8-12-6-4-10-20-17(12)14/h2-7,10,14,16,19H,8-9,11H2,1H3. The molecule has 20 heavy (non-hydrogen) atoms. The van der Waals surface area contributed by atoms with Crippen molar-refractivity contribution >= 4 is 15.9 Å². The summed E-state index contributed by atoms with van der Waals surface area (Å²) in [7, 11) is 2.06. The highest BCUT2D eigenvalue weighted by molar-refractivity contribution is 9.10. The Kier molecular flexibility index (Phi) is 4.18. The van der Waals surface area contributed by atoms with Crippen LogP contribution in [0.15, 0.2) is 47.1 Å². The van der Waals surface area contributed by atoms with E-state index in [1.54, 1.807) is 0 Å². The Hall–Kier alpha value is -1.19. The maximum atomic E-state index is 4.62. The van der Waals surface area contributed by atoms with Crippen molar-refractivity contribution in [3.05, 3.63) is 63.9 Å². The number of pyridine rings is 1. The molecule has 2 aromatic rings. The van der Waals surface area contributed by atoms with Gasteiger partial charge in [-0.05, 0) is 49.6 Å². The Morgan fingerprint density at radius 2 is 2.15 bits per heavy atom. The van der Waals surface area contributed by atoms with E-state index in [1.807, 2.05) is 12.3 Å². The number of halogens is 1. The Labute approximate surface area is 128 Å². The molecule has 2 unspecified atom stereocenters. The van der Waals surface area contributed by atoms with Crippen LogP contribution in [0.2, 0.25) is 0 Å². The van der Waals surface area contributed by atoms with Gasteiger partial charge in [0.1, 0.15) is 0 Å². The van der Waals surface area contributed by atoms with Crippen molar-refractivity contribution < 1.29 is 0 Å². The molecule has 0 aliphatic heterocycles. The molecule has 1 N–H and O–H groups in total. The summed E-state index contributed by atoms with van der Waals surface area (Å²) in [5.74, 6) is 0.517. The molecule has 1 aromatic heterocycles. The molecule has 2 nitrogen and oxygen atoms in total. The van der Waals surface area contributed by atoms with Crippen LogP contribution in [-0.4, -0.2) is 18.1 Å². The molecule has 1 aliphatic carbocycles. The monoisotopic (exact) mass is 330 g/mol. The molecule has 104 valence electrons. The van der Waals surface area contributed by atoms with Crippen LogP contribution in [0.5, 0.6) is 0 Å². The van der Waals surface area contributed by atoms with Gasteiger partial charge < -0.3 is 5.32 Å². The van der Waals surface area contributed by atoms with E-state index in [9.17, 15) is 0 Å². The normalized spacial score (nSPS) is 18.8. The number of hydrogen-bond acceptors (Lipinski definition) is 2. The molecule has 1 aliphatic rings. The van der Waals surface area contributed by atoms with E-state index in [0.29, 0.717) is 12.0 Å². The van der Waals surface area contributed by atoms with Crippen LogP contribution >= 0.6 is 15.9 Å². The van der Waals surface area contributed by atoms with E-state index in [4.69, 9.17) is 0 Å². The topological polar surface area (TPSA) is 24.9 Å². The van der Waals surface area contributed by atoms with E-state index in [0.717, 1.165) is 12.8 Å². The molecule has 2 atom stereocenters. The fraction of sp³-hybridized carbons (Fsp3) is 0.353. The number of likely N-dealkylation sites (N-methyl/N-ethyl adjacent to an activating group) is 1. The SMILES string of the molecule is CNC(Cc1ccccc1Br)C1CCc2cccnc21. The van der Waals surface area contributed by atoms with Gasteiger partial charge in [0.15, 0.2) is 0 Å². The van der Waals surface area contributed by atoms with Crippen molar-refractivity contribution in [2.24, 2.45) is 0 Å². The van der Waals surface area contributed by atoms with Crippen molar-refractivity contribution in [3.8, 4) is 0 Å². The second-order valence-corrected chi connectivity index (χ2v) is 6.24. The quantitative estimate of drug-likeness (QED) is 0.924. The Morgan fingerprint density at radius 1 is 1.30 bits per heavy atom. The third kappa shape index (κ3) is 2.65. The van der Waals surface area contributed by atoms with Crippen LogP contribution in [0, 0.1) is 0 Å². The van der Waals surface area contributed by atoms with E-state index in [1.165, 1.54) is 27.7 Å². The molecule has 0 saturated heterocycles. The molecular weight excluding hydrogens is 312 g/mol. The molecule has 0 bridgehead atoms. The average molecular weight is 331 g/mol. The van der Waals surface area contributed by atoms with Gasteiger partial charge in [0.05, 0.1) is 0 Å². The minimum absolute atomic E-state index is 0.435. The summed E-state index contributed by atoms with van der Waals surface area (Å²) < 4.78 is 1.19. The third-order valence-corrected chi connectivity index (χ3v) is 5.03. The molecule has 3 rings (SSSR count). The molecule has 0 saturated carbocycles. The number of nitrogens with zero attached hydrogens (tertiary/aromatic N) is 1. The zero-order chi connectivity index (χ0) is 13.9. The molecule has 0 spiro atoms. The number of aryl methyl sites for hydroxylation is 1. The summed E-state index contributed by atoms with van der Waals surface area (Å²) in [5, 5.41) is 3.50. The van der Waals surface area contributed by atoms with Gasteiger partial charge in [0.25, 0.3) is 0 Å². The van der Waals surface area contributed by atoms with Crippen LogP contribution in [0.3, 0.4) is 0 Å².